The predicted molar refractivity (Wildman–Crippen MR) is 131 cm³/mol. The van der Waals surface area contributed by atoms with Gasteiger partial charge in [0.2, 0.25) is 5.91 Å². The quantitative estimate of drug-likeness (QED) is 0.334. The number of thioether (sulfide) groups is 2. The number of nitrogens with one attached hydrogen (secondary N) is 1. The minimum atomic E-state index is -0.304. The third-order valence-electron chi connectivity index (χ3n) is 4.60. The summed E-state index contributed by atoms with van der Waals surface area (Å²) in [4.78, 5) is 14.0. The van der Waals surface area contributed by atoms with Crippen molar-refractivity contribution in [1.29, 1.82) is 0 Å². The first kappa shape index (κ1) is 24.0. The fourth-order valence-corrected chi connectivity index (χ4v) is 5.03. The highest BCUT2D eigenvalue weighted by Crippen LogP contribution is 2.30. The Morgan fingerprint density at radius 2 is 1.84 bits per heavy atom. The Hall–Kier alpha value is -1.67. The highest BCUT2D eigenvalue weighted by Gasteiger charge is 2.22. The molecule has 3 aromatic rings. The number of amides is 1. The van der Waals surface area contributed by atoms with Crippen LogP contribution in [0.3, 0.4) is 0 Å². The van der Waals surface area contributed by atoms with Crippen molar-refractivity contribution in [2.24, 2.45) is 0 Å². The van der Waals surface area contributed by atoms with Crippen molar-refractivity contribution in [2.45, 2.75) is 54.8 Å². The second-order valence-electron chi connectivity index (χ2n) is 6.88. The lowest BCUT2D eigenvalue weighted by Gasteiger charge is -2.15. The van der Waals surface area contributed by atoms with E-state index in [0.29, 0.717) is 22.2 Å². The molecule has 0 saturated carbocycles. The molecule has 9 heteroatoms. The van der Waals surface area contributed by atoms with E-state index in [2.05, 4.69) is 58.2 Å². The molecule has 1 aromatic heterocycles. The van der Waals surface area contributed by atoms with Crippen LogP contribution in [0.25, 0.3) is 0 Å². The van der Waals surface area contributed by atoms with Crippen LogP contribution in [0.4, 0.5) is 5.69 Å². The monoisotopic (exact) mass is 494 g/mol. The maximum Gasteiger partial charge on any atom is 0.237 e. The maximum absolute atomic E-state index is 12.8. The van der Waals surface area contributed by atoms with Crippen molar-refractivity contribution in [3.63, 3.8) is 0 Å². The number of hydrogen-bond donors (Lipinski definition) is 1. The Labute approximate surface area is 201 Å². The SMILES string of the molecule is CCC(Sc1nnc(CSc2ccc(C)cc2)n1CC)C(=O)Nc1ccc(Cl)c(Cl)c1. The van der Waals surface area contributed by atoms with Gasteiger partial charge in [0.25, 0.3) is 0 Å². The van der Waals surface area contributed by atoms with E-state index in [0.717, 1.165) is 23.3 Å². The van der Waals surface area contributed by atoms with E-state index in [1.807, 2.05) is 6.92 Å². The molecule has 1 unspecified atom stereocenters. The van der Waals surface area contributed by atoms with E-state index in [9.17, 15) is 4.79 Å². The first-order chi connectivity index (χ1) is 14.9. The second kappa shape index (κ2) is 11.3. The Kier molecular flexibility index (Phi) is 8.72. The first-order valence-electron chi connectivity index (χ1n) is 9.95. The molecule has 1 N–H and O–H groups in total. The van der Waals surface area contributed by atoms with Crippen LogP contribution in [-0.4, -0.2) is 25.9 Å². The summed E-state index contributed by atoms with van der Waals surface area (Å²) in [7, 11) is 0. The zero-order valence-electron chi connectivity index (χ0n) is 17.6. The Morgan fingerprint density at radius 3 is 2.48 bits per heavy atom. The van der Waals surface area contributed by atoms with Crippen LogP contribution in [0, 0.1) is 6.92 Å². The van der Waals surface area contributed by atoms with Gasteiger partial charge < -0.3 is 9.88 Å². The number of aromatic nitrogens is 3. The Balaban J connectivity index is 1.67. The summed E-state index contributed by atoms with van der Waals surface area (Å²) in [5, 5.41) is 13.0. The molecule has 1 amide bonds. The average Bonchev–Trinajstić information content (AvgIpc) is 3.15. The molecule has 0 saturated heterocycles. The number of anilines is 1. The summed E-state index contributed by atoms with van der Waals surface area (Å²) in [5.41, 5.74) is 1.86. The van der Waals surface area contributed by atoms with E-state index in [4.69, 9.17) is 23.2 Å². The minimum absolute atomic E-state index is 0.105. The molecule has 5 nitrogen and oxygen atoms in total. The van der Waals surface area contributed by atoms with Gasteiger partial charge in [-0.2, -0.15) is 0 Å². The topological polar surface area (TPSA) is 59.8 Å². The van der Waals surface area contributed by atoms with E-state index < -0.39 is 0 Å². The summed E-state index contributed by atoms with van der Waals surface area (Å²) in [6.07, 6.45) is 0.655. The molecule has 31 heavy (non-hydrogen) atoms. The van der Waals surface area contributed by atoms with E-state index in [1.165, 1.54) is 22.2 Å². The van der Waals surface area contributed by atoms with Crippen molar-refractivity contribution < 1.29 is 4.79 Å². The highest BCUT2D eigenvalue weighted by atomic mass is 35.5. The minimum Gasteiger partial charge on any atom is -0.325 e. The van der Waals surface area contributed by atoms with Crippen LogP contribution in [0.5, 0.6) is 0 Å². The predicted octanol–water partition coefficient (Wildman–Crippen LogP) is 6.71. The second-order valence-corrected chi connectivity index (χ2v) is 9.91. The molecule has 0 aliphatic heterocycles. The standard InChI is InChI=1S/C22H24Cl2N4OS2/c1-4-19(21(29)25-15-8-11-17(23)18(24)12-15)31-22-27-26-20(28(22)5-2)13-30-16-9-6-14(3)7-10-16/h6-12,19H,4-5,13H2,1-3H3,(H,25,29). The number of aryl methyl sites for hydroxylation is 1. The number of rotatable bonds is 9. The molecular formula is C22H24Cl2N4OS2. The van der Waals surface area contributed by atoms with Gasteiger partial charge in [0.1, 0.15) is 5.82 Å². The third-order valence-corrected chi connectivity index (χ3v) is 7.69. The van der Waals surface area contributed by atoms with Crippen LogP contribution < -0.4 is 5.32 Å². The molecule has 0 fully saturated rings. The molecule has 0 spiro atoms. The van der Waals surface area contributed by atoms with Crippen LogP contribution in [0.1, 0.15) is 31.7 Å². The fourth-order valence-electron chi connectivity index (χ4n) is 2.86. The van der Waals surface area contributed by atoms with Crippen molar-refractivity contribution in [3.05, 3.63) is 63.9 Å². The molecule has 1 atom stereocenters. The summed E-state index contributed by atoms with van der Waals surface area (Å²) in [6, 6.07) is 13.5. The van der Waals surface area contributed by atoms with Crippen molar-refractivity contribution in [2.75, 3.05) is 5.32 Å². The van der Waals surface area contributed by atoms with Gasteiger partial charge in [0, 0.05) is 17.1 Å². The van der Waals surface area contributed by atoms with Gasteiger partial charge in [-0.15, -0.1) is 22.0 Å². The van der Waals surface area contributed by atoms with E-state index >= 15 is 0 Å². The smallest absolute Gasteiger partial charge is 0.237 e. The molecule has 0 bridgehead atoms. The van der Waals surface area contributed by atoms with Crippen LogP contribution >= 0.6 is 46.7 Å². The molecule has 2 aromatic carbocycles. The molecular weight excluding hydrogens is 471 g/mol. The van der Waals surface area contributed by atoms with E-state index in [1.54, 1.807) is 30.0 Å². The number of carbonyl (C=O) groups is 1. The molecule has 0 radical (unpaired) electrons. The van der Waals surface area contributed by atoms with Crippen LogP contribution in [0.2, 0.25) is 10.0 Å². The van der Waals surface area contributed by atoms with Crippen LogP contribution in [0.15, 0.2) is 52.5 Å². The lowest BCUT2D eigenvalue weighted by atomic mass is 10.2. The molecule has 164 valence electrons. The molecule has 1 heterocycles. The van der Waals surface area contributed by atoms with Gasteiger partial charge in [-0.1, -0.05) is 59.6 Å². The number of halogens is 2. The van der Waals surface area contributed by atoms with E-state index in [-0.39, 0.29) is 11.2 Å². The van der Waals surface area contributed by atoms with Gasteiger partial charge in [-0.3, -0.25) is 4.79 Å². The fraction of sp³-hybridized carbons (Fsp3) is 0.318. The Bertz CT molecular complexity index is 1040. The summed E-state index contributed by atoms with van der Waals surface area (Å²) in [6.45, 7) is 6.86. The number of hydrogen-bond acceptors (Lipinski definition) is 5. The first-order valence-corrected chi connectivity index (χ1v) is 12.6. The average molecular weight is 496 g/mol. The molecule has 3 rings (SSSR count). The van der Waals surface area contributed by atoms with Crippen molar-refractivity contribution >= 4 is 58.3 Å². The lowest BCUT2D eigenvalue weighted by molar-refractivity contribution is -0.115. The van der Waals surface area contributed by atoms with Gasteiger partial charge in [-0.25, -0.2) is 0 Å². The largest absolute Gasteiger partial charge is 0.325 e. The maximum atomic E-state index is 12.8. The van der Waals surface area contributed by atoms with Gasteiger partial charge in [-0.05, 0) is 50.6 Å². The molecule has 0 aliphatic rings. The van der Waals surface area contributed by atoms with Crippen molar-refractivity contribution in [3.8, 4) is 0 Å². The zero-order chi connectivity index (χ0) is 22.4. The number of benzene rings is 2. The number of nitrogens with zero attached hydrogens (tertiary/aromatic N) is 3. The zero-order valence-corrected chi connectivity index (χ0v) is 20.7. The summed E-state index contributed by atoms with van der Waals surface area (Å²) in [5.74, 6) is 1.51. The lowest BCUT2D eigenvalue weighted by Crippen LogP contribution is -2.25. The summed E-state index contributed by atoms with van der Waals surface area (Å²) >= 11 is 15.2. The molecule has 0 aliphatic carbocycles. The summed E-state index contributed by atoms with van der Waals surface area (Å²) < 4.78 is 2.07. The Morgan fingerprint density at radius 1 is 1.10 bits per heavy atom. The van der Waals surface area contributed by atoms with Gasteiger partial charge in [0.05, 0.1) is 21.0 Å². The van der Waals surface area contributed by atoms with Gasteiger partial charge in [0.15, 0.2) is 5.16 Å². The van der Waals surface area contributed by atoms with Crippen molar-refractivity contribution in [1.82, 2.24) is 14.8 Å². The number of carbonyl (C=O) groups excluding carboxylic acids is 1. The highest BCUT2D eigenvalue weighted by molar-refractivity contribution is 8.00. The normalized spacial score (nSPS) is 12.0. The van der Waals surface area contributed by atoms with Crippen LogP contribution in [-0.2, 0) is 17.1 Å². The van der Waals surface area contributed by atoms with Gasteiger partial charge >= 0.3 is 0 Å². The third kappa shape index (κ3) is 6.42.